The number of benzene rings is 2. The minimum Gasteiger partial charge on any atom is -0.406 e. The molecule has 1 aliphatic rings. The van der Waals surface area contributed by atoms with Crippen LogP contribution in [-0.2, 0) is 13.1 Å². The summed E-state index contributed by atoms with van der Waals surface area (Å²) in [6.07, 6.45) is -2.32. The van der Waals surface area contributed by atoms with Gasteiger partial charge in [0, 0.05) is 18.7 Å². The van der Waals surface area contributed by atoms with E-state index in [2.05, 4.69) is 21.0 Å². The Morgan fingerprint density at radius 2 is 1.63 bits per heavy atom. The summed E-state index contributed by atoms with van der Waals surface area (Å²) in [4.78, 5) is 14.7. The van der Waals surface area contributed by atoms with E-state index < -0.39 is 6.36 Å². The van der Waals surface area contributed by atoms with Crippen LogP contribution in [0.15, 0.2) is 48.5 Å². The first-order valence-corrected chi connectivity index (χ1v) is 8.84. The van der Waals surface area contributed by atoms with Crippen LogP contribution < -0.4 is 10.1 Å². The number of carbonyl (C=O) groups is 1. The van der Waals surface area contributed by atoms with E-state index in [1.54, 1.807) is 0 Å². The number of rotatable bonds is 6. The maximum atomic E-state index is 12.3. The highest BCUT2D eigenvalue weighted by molar-refractivity contribution is 5.94. The van der Waals surface area contributed by atoms with Crippen molar-refractivity contribution in [3.05, 3.63) is 65.2 Å². The van der Waals surface area contributed by atoms with Gasteiger partial charge in [-0.15, -0.1) is 13.2 Å². The average molecular weight is 378 g/mol. The van der Waals surface area contributed by atoms with E-state index in [9.17, 15) is 18.0 Å². The molecule has 27 heavy (non-hydrogen) atoms. The second kappa shape index (κ2) is 8.43. The fraction of sp³-hybridized carbons (Fsp3) is 0.350. The molecular formula is C20H21F3N2O2. The topological polar surface area (TPSA) is 41.6 Å². The minimum atomic E-state index is -4.75. The molecule has 0 bridgehead atoms. The van der Waals surface area contributed by atoms with Crippen molar-refractivity contribution in [2.45, 2.75) is 32.3 Å². The van der Waals surface area contributed by atoms with E-state index in [0.29, 0.717) is 6.54 Å². The lowest BCUT2D eigenvalue weighted by Crippen LogP contribution is -2.25. The van der Waals surface area contributed by atoms with Crippen LogP contribution in [0.4, 0.5) is 13.2 Å². The molecule has 2 aromatic carbocycles. The lowest BCUT2D eigenvalue weighted by Gasteiger charge is -2.17. The fourth-order valence-corrected chi connectivity index (χ4v) is 3.15. The van der Waals surface area contributed by atoms with Crippen LogP contribution in [0, 0.1) is 0 Å². The van der Waals surface area contributed by atoms with Crippen LogP contribution in [0.2, 0.25) is 0 Å². The molecule has 0 atom stereocenters. The van der Waals surface area contributed by atoms with Gasteiger partial charge in [0.05, 0.1) is 0 Å². The third kappa shape index (κ3) is 5.72. The third-order valence-electron chi connectivity index (χ3n) is 4.50. The van der Waals surface area contributed by atoms with Gasteiger partial charge in [0.2, 0.25) is 0 Å². The smallest absolute Gasteiger partial charge is 0.406 e. The second-order valence-corrected chi connectivity index (χ2v) is 6.51. The molecule has 1 aliphatic heterocycles. The monoisotopic (exact) mass is 378 g/mol. The first kappa shape index (κ1) is 19.2. The summed E-state index contributed by atoms with van der Waals surface area (Å²) >= 11 is 0. The number of nitrogens with one attached hydrogen (secondary N) is 1. The maximum absolute atomic E-state index is 12.3. The lowest BCUT2D eigenvalue weighted by molar-refractivity contribution is -0.274. The Balaban J connectivity index is 1.59. The number of alkyl halides is 3. The number of halogens is 3. The fourth-order valence-electron chi connectivity index (χ4n) is 3.15. The van der Waals surface area contributed by atoms with Gasteiger partial charge in [-0.2, -0.15) is 0 Å². The zero-order valence-electron chi connectivity index (χ0n) is 14.8. The molecule has 144 valence electrons. The van der Waals surface area contributed by atoms with Crippen molar-refractivity contribution >= 4 is 5.91 Å². The molecule has 4 nitrogen and oxygen atoms in total. The summed E-state index contributed by atoms with van der Waals surface area (Å²) in [6.45, 7) is 3.40. The summed E-state index contributed by atoms with van der Waals surface area (Å²) in [5.74, 6) is -0.695. The molecule has 1 saturated heterocycles. The van der Waals surface area contributed by atoms with Crippen molar-refractivity contribution < 1.29 is 22.7 Å². The number of carbonyl (C=O) groups excluding carboxylic acids is 1. The Morgan fingerprint density at radius 3 is 2.26 bits per heavy atom. The summed E-state index contributed by atoms with van der Waals surface area (Å²) in [5, 5.41) is 2.83. The molecule has 1 heterocycles. The molecule has 7 heteroatoms. The molecule has 1 amide bonds. The van der Waals surface area contributed by atoms with Gasteiger partial charge in [-0.1, -0.05) is 24.3 Å². The predicted octanol–water partition coefficient (Wildman–Crippen LogP) is 4.11. The Labute approximate surface area is 155 Å². The van der Waals surface area contributed by atoms with Gasteiger partial charge in [-0.25, -0.2) is 0 Å². The van der Waals surface area contributed by atoms with Gasteiger partial charge in [0.25, 0.3) is 5.91 Å². The second-order valence-electron chi connectivity index (χ2n) is 6.51. The molecule has 3 rings (SSSR count). The van der Waals surface area contributed by atoms with Gasteiger partial charge < -0.3 is 10.1 Å². The molecule has 0 spiro atoms. The quantitative estimate of drug-likeness (QED) is 0.823. The summed E-state index contributed by atoms with van der Waals surface area (Å²) in [5.41, 5.74) is 2.49. The van der Waals surface area contributed by atoms with Crippen LogP contribution >= 0.6 is 0 Å². The average Bonchev–Trinajstić information content (AvgIpc) is 3.13. The number of amides is 1. The molecule has 0 radical (unpaired) electrons. The summed E-state index contributed by atoms with van der Waals surface area (Å²) in [6, 6.07) is 12.8. The molecule has 0 aliphatic carbocycles. The van der Waals surface area contributed by atoms with Crippen LogP contribution in [0.5, 0.6) is 5.75 Å². The van der Waals surface area contributed by atoms with E-state index in [1.165, 1.54) is 30.5 Å². The molecule has 0 unspecified atom stereocenters. The van der Waals surface area contributed by atoms with Gasteiger partial charge in [0.15, 0.2) is 0 Å². The molecule has 0 aromatic heterocycles. The Kier molecular flexibility index (Phi) is 6.01. The number of ether oxygens (including phenoxy) is 1. The van der Waals surface area contributed by atoms with Crippen molar-refractivity contribution in [3.63, 3.8) is 0 Å². The molecule has 1 N–H and O–H groups in total. The number of hydrogen-bond acceptors (Lipinski definition) is 3. The first-order valence-electron chi connectivity index (χ1n) is 8.84. The van der Waals surface area contributed by atoms with Crippen molar-refractivity contribution in [3.8, 4) is 5.75 Å². The largest absolute Gasteiger partial charge is 0.573 e. The van der Waals surface area contributed by atoms with Gasteiger partial charge in [-0.05, 0) is 61.3 Å². The molecule has 1 fully saturated rings. The Bertz CT molecular complexity index is 770. The van der Waals surface area contributed by atoms with Crippen molar-refractivity contribution in [2.75, 3.05) is 13.1 Å². The first-order chi connectivity index (χ1) is 12.9. The third-order valence-corrected chi connectivity index (χ3v) is 4.50. The predicted molar refractivity (Wildman–Crippen MR) is 95.2 cm³/mol. The van der Waals surface area contributed by atoms with Crippen LogP contribution in [0.25, 0.3) is 0 Å². The van der Waals surface area contributed by atoms with Crippen molar-refractivity contribution in [1.29, 1.82) is 0 Å². The number of hydrogen-bond donors (Lipinski definition) is 1. The number of likely N-dealkylation sites (tertiary alicyclic amines) is 1. The molecule has 0 saturated carbocycles. The molecule has 2 aromatic rings. The maximum Gasteiger partial charge on any atom is 0.573 e. The Morgan fingerprint density at radius 1 is 1.00 bits per heavy atom. The zero-order chi connectivity index (χ0) is 19.3. The highest BCUT2D eigenvalue weighted by atomic mass is 19.4. The minimum absolute atomic E-state index is 0.279. The standard InChI is InChI=1S/C20H21F3N2O2/c21-20(22,23)27-18-9-7-15(8-10-18)19(26)24-13-16-5-1-2-6-17(16)14-25-11-3-4-12-25/h1-2,5-10H,3-4,11-14H2,(H,24,26). The van der Waals surface area contributed by atoms with Crippen molar-refractivity contribution in [1.82, 2.24) is 10.2 Å². The highest BCUT2D eigenvalue weighted by Crippen LogP contribution is 2.23. The lowest BCUT2D eigenvalue weighted by atomic mass is 10.1. The zero-order valence-corrected chi connectivity index (χ0v) is 14.8. The van der Waals surface area contributed by atoms with Crippen molar-refractivity contribution in [2.24, 2.45) is 0 Å². The van der Waals surface area contributed by atoms with Crippen LogP contribution in [0.3, 0.4) is 0 Å². The Hall–Kier alpha value is -2.54. The van der Waals surface area contributed by atoms with E-state index in [1.807, 2.05) is 18.2 Å². The highest BCUT2D eigenvalue weighted by Gasteiger charge is 2.31. The summed E-state index contributed by atoms with van der Waals surface area (Å²) < 4.78 is 40.4. The normalized spacial score (nSPS) is 14.9. The van der Waals surface area contributed by atoms with E-state index in [-0.39, 0.29) is 17.2 Å². The summed E-state index contributed by atoms with van der Waals surface area (Å²) in [7, 11) is 0. The van der Waals surface area contributed by atoms with Gasteiger partial charge in [-0.3, -0.25) is 9.69 Å². The van der Waals surface area contributed by atoms with E-state index in [0.717, 1.165) is 37.3 Å². The van der Waals surface area contributed by atoms with Gasteiger partial charge >= 0.3 is 6.36 Å². The number of nitrogens with zero attached hydrogens (tertiary/aromatic N) is 1. The van der Waals surface area contributed by atoms with E-state index in [4.69, 9.17) is 0 Å². The SMILES string of the molecule is O=C(NCc1ccccc1CN1CCCC1)c1ccc(OC(F)(F)F)cc1. The molecular weight excluding hydrogens is 357 g/mol. The van der Waals surface area contributed by atoms with Gasteiger partial charge in [0.1, 0.15) is 5.75 Å². The van der Waals surface area contributed by atoms with E-state index >= 15 is 0 Å². The van der Waals surface area contributed by atoms with Crippen LogP contribution in [0.1, 0.15) is 34.3 Å². The van der Waals surface area contributed by atoms with Crippen LogP contribution in [-0.4, -0.2) is 30.3 Å².